The minimum Gasteiger partial charge on any atom is -0.339 e. The number of amides is 1. The van der Waals surface area contributed by atoms with E-state index in [-0.39, 0.29) is 5.91 Å². The number of sulfone groups is 1. The van der Waals surface area contributed by atoms with Crippen LogP contribution >= 0.6 is 0 Å². The van der Waals surface area contributed by atoms with Crippen LogP contribution in [-0.2, 0) is 14.6 Å². The van der Waals surface area contributed by atoms with Crippen LogP contribution in [0.25, 0.3) is 0 Å². The molecule has 20 heavy (non-hydrogen) atoms. The largest absolute Gasteiger partial charge is 0.339 e. The molecule has 1 amide bonds. The van der Waals surface area contributed by atoms with Crippen LogP contribution in [0.5, 0.6) is 0 Å². The maximum Gasteiger partial charge on any atom is 0.244 e. The smallest absolute Gasteiger partial charge is 0.244 e. The normalized spacial score (nSPS) is 30.1. The average molecular weight is 302 g/mol. The summed E-state index contributed by atoms with van der Waals surface area (Å²) in [5.74, 6) is 0.223. The Kier molecular flexibility index (Phi) is 4.17. The van der Waals surface area contributed by atoms with Crippen LogP contribution in [-0.4, -0.2) is 68.4 Å². The van der Waals surface area contributed by atoms with Crippen LogP contribution in [0.15, 0.2) is 0 Å². The second kappa shape index (κ2) is 5.30. The van der Waals surface area contributed by atoms with Crippen molar-refractivity contribution in [2.45, 2.75) is 43.4 Å². The zero-order chi connectivity index (χ0) is 15.1. The fourth-order valence-corrected chi connectivity index (χ4v) is 5.24. The Morgan fingerprint density at radius 2 is 1.75 bits per heavy atom. The molecule has 6 heteroatoms. The molecule has 2 rings (SSSR count). The van der Waals surface area contributed by atoms with E-state index in [4.69, 9.17) is 0 Å². The summed E-state index contributed by atoms with van der Waals surface area (Å²) in [5.41, 5.74) is 0. The third kappa shape index (κ3) is 2.48. The summed E-state index contributed by atoms with van der Waals surface area (Å²) in [5, 5.41) is 0. The molecule has 116 valence electrons. The van der Waals surface area contributed by atoms with Crippen molar-refractivity contribution < 1.29 is 13.2 Å². The van der Waals surface area contributed by atoms with E-state index in [1.165, 1.54) is 6.26 Å². The van der Waals surface area contributed by atoms with E-state index in [9.17, 15) is 13.2 Å². The highest BCUT2D eigenvalue weighted by atomic mass is 32.2. The molecule has 2 fully saturated rings. The van der Waals surface area contributed by atoms with E-state index in [1.54, 1.807) is 4.90 Å². The number of nitrogens with zero attached hydrogens (tertiary/aromatic N) is 2. The summed E-state index contributed by atoms with van der Waals surface area (Å²) in [4.78, 5) is 16.8. The molecule has 5 nitrogen and oxygen atoms in total. The molecule has 0 aromatic rings. The van der Waals surface area contributed by atoms with Gasteiger partial charge in [-0.05, 0) is 32.9 Å². The number of carbonyl (C=O) groups is 1. The minimum atomic E-state index is -3.36. The van der Waals surface area contributed by atoms with Crippen LogP contribution in [0, 0.1) is 5.92 Å². The van der Waals surface area contributed by atoms with Crippen molar-refractivity contribution in [3.8, 4) is 0 Å². The lowest BCUT2D eigenvalue weighted by Gasteiger charge is -2.31. The van der Waals surface area contributed by atoms with Crippen LogP contribution in [0.3, 0.4) is 0 Å². The van der Waals surface area contributed by atoms with Gasteiger partial charge in [-0.3, -0.25) is 4.79 Å². The summed E-state index contributed by atoms with van der Waals surface area (Å²) in [7, 11) is 0.661. The second-order valence-electron chi connectivity index (χ2n) is 6.69. The maximum atomic E-state index is 12.9. The van der Waals surface area contributed by atoms with Crippen molar-refractivity contribution >= 4 is 15.7 Å². The third-order valence-corrected chi connectivity index (χ3v) is 7.04. The Balaban J connectivity index is 2.23. The van der Waals surface area contributed by atoms with Crippen molar-refractivity contribution in [2.75, 3.05) is 33.4 Å². The molecule has 0 aromatic heterocycles. The number of carbonyl (C=O) groups excluding carboxylic acids is 1. The van der Waals surface area contributed by atoms with Gasteiger partial charge in [0.1, 0.15) is 0 Å². The first-order valence-corrected chi connectivity index (χ1v) is 9.23. The number of hydrogen-bond acceptors (Lipinski definition) is 4. The van der Waals surface area contributed by atoms with Gasteiger partial charge in [0.25, 0.3) is 0 Å². The molecule has 0 N–H and O–H groups in total. The first-order valence-electron chi connectivity index (χ1n) is 7.34. The molecule has 0 radical (unpaired) electrons. The molecule has 0 bridgehead atoms. The Bertz CT molecular complexity index is 481. The zero-order valence-electron chi connectivity index (χ0n) is 12.9. The Hall–Kier alpha value is -0.620. The summed E-state index contributed by atoms with van der Waals surface area (Å²) >= 11 is 0. The topological polar surface area (TPSA) is 57.7 Å². The molecule has 1 saturated carbocycles. The van der Waals surface area contributed by atoms with Gasteiger partial charge in [0.05, 0.1) is 0 Å². The lowest BCUT2D eigenvalue weighted by Crippen LogP contribution is -2.51. The van der Waals surface area contributed by atoms with Gasteiger partial charge in [0.2, 0.25) is 5.91 Å². The second-order valence-corrected chi connectivity index (χ2v) is 9.02. The molecular formula is C14H26N2O3S. The molecule has 1 aliphatic carbocycles. The molecule has 2 atom stereocenters. The maximum absolute atomic E-state index is 12.9. The predicted molar refractivity (Wildman–Crippen MR) is 79.3 cm³/mol. The summed E-state index contributed by atoms with van der Waals surface area (Å²) in [6, 6.07) is 0.317. The van der Waals surface area contributed by atoms with Gasteiger partial charge in [0, 0.05) is 25.4 Å². The van der Waals surface area contributed by atoms with Crippen LogP contribution in [0.4, 0.5) is 0 Å². The van der Waals surface area contributed by atoms with E-state index < -0.39 is 14.6 Å². The molecule has 0 spiro atoms. The van der Waals surface area contributed by atoms with Gasteiger partial charge in [-0.1, -0.05) is 19.8 Å². The highest BCUT2D eigenvalue weighted by molar-refractivity contribution is 7.92. The summed E-state index contributed by atoms with van der Waals surface area (Å²) in [6.07, 6.45) is 3.86. The molecule has 1 aliphatic heterocycles. The van der Waals surface area contributed by atoms with E-state index >= 15 is 0 Å². The van der Waals surface area contributed by atoms with Gasteiger partial charge >= 0.3 is 0 Å². The molecule has 0 aromatic carbocycles. The van der Waals surface area contributed by atoms with Crippen molar-refractivity contribution in [2.24, 2.45) is 5.92 Å². The lowest BCUT2D eigenvalue weighted by molar-refractivity contribution is -0.133. The SMILES string of the molecule is C[C@@H]1CN(C(=O)C2(S(C)(=O)=O)CCCC2)C[C@@H]1N(C)C. The lowest BCUT2D eigenvalue weighted by atomic mass is 10.1. The number of likely N-dealkylation sites (tertiary alicyclic amines) is 1. The van der Waals surface area contributed by atoms with Gasteiger partial charge in [-0.25, -0.2) is 8.42 Å². The summed E-state index contributed by atoms with van der Waals surface area (Å²) < 4.78 is 23.2. The molecular weight excluding hydrogens is 276 g/mol. The van der Waals surface area contributed by atoms with Crippen molar-refractivity contribution in [1.82, 2.24) is 9.80 Å². The average Bonchev–Trinajstić information content (AvgIpc) is 2.93. The number of rotatable bonds is 3. The van der Waals surface area contributed by atoms with Gasteiger partial charge in [0.15, 0.2) is 14.6 Å². The molecule has 1 saturated heterocycles. The fourth-order valence-electron chi connectivity index (χ4n) is 3.77. The quantitative estimate of drug-likeness (QED) is 0.772. The van der Waals surface area contributed by atoms with Crippen LogP contribution in [0.2, 0.25) is 0 Å². The van der Waals surface area contributed by atoms with E-state index in [1.807, 2.05) is 14.1 Å². The Morgan fingerprint density at radius 3 is 2.15 bits per heavy atom. The van der Waals surface area contributed by atoms with Crippen LogP contribution < -0.4 is 0 Å². The van der Waals surface area contributed by atoms with Gasteiger partial charge < -0.3 is 9.80 Å². The van der Waals surface area contributed by atoms with Crippen molar-refractivity contribution in [3.05, 3.63) is 0 Å². The fraction of sp³-hybridized carbons (Fsp3) is 0.929. The highest BCUT2D eigenvalue weighted by Crippen LogP contribution is 2.39. The highest BCUT2D eigenvalue weighted by Gasteiger charge is 2.53. The zero-order valence-corrected chi connectivity index (χ0v) is 13.7. The first kappa shape index (κ1) is 15.8. The summed E-state index contributed by atoms with van der Waals surface area (Å²) in [6.45, 7) is 3.43. The third-order valence-electron chi connectivity index (χ3n) is 5.03. The minimum absolute atomic E-state index is 0.159. The monoisotopic (exact) mass is 302 g/mol. The van der Waals surface area contributed by atoms with Gasteiger partial charge in [-0.2, -0.15) is 0 Å². The number of hydrogen-bond donors (Lipinski definition) is 0. The predicted octanol–water partition coefficient (Wildman–Crippen LogP) is 0.752. The van der Waals surface area contributed by atoms with E-state index in [0.29, 0.717) is 37.9 Å². The Morgan fingerprint density at radius 1 is 1.20 bits per heavy atom. The van der Waals surface area contributed by atoms with E-state index in [0.717, 1.165) is 12.8 Å². The van der Waals surface area contributed by atoms with Crippen LogP contribution in [0.1, 0.15) is 32.6 Å². The standard InChI is InChI=1S/C14H26N2O3S/c1-11-9-16(10-12(11)15(2)3)13(17)14(20(4,18)19)7-5-6-8-14/h11-12H,5-10H2,1-4H3/t11-,12+/m1/s1. The number of likely N-dealkylation sites (N-methyl/N-ethyl adjacent to an activating group) is 1. The molecule has 1 heterocycles. The van der Waals surface area contributed by atoms with E-state index in [2.05, 4.69) is 11.8 Å². The molecule has 2 aliphatic rings. The van der Waals surface area contributed by atoms with Crippen molar-refractivity contribution in [3.63, 3.8) is 0 Å². The van der Waals surface area contributed by atoms with Crippen molar-refractivity contribution in [1.29, 1.82) is 0 Å². The van der Waals surface area contributed by atoms with Gasteiger partial charge in [-0.15, -0.1) is 0 Å². The Labute approximate surface area is 122 Å². The molecule has 0 unspecified atom stereocenters. The first-order chi connectivity index (χ1) is 9.19.